The van der Waals surface area contributed by atoms with E-state index in [2.05, 4.69) is 15.7 Å². The van der Waals surface area contributed by atoms with Crippen molar-refractivity contribution in [3.63, 3.8) is 0 Å². The van der Waals surface area contributed by atoms with Crippen molar-refractivity contribution in [1.82, 2.24) is 4.90 Å². The van der Waals surface area contributed by atoms with Crippen LogP contribution in [0.4, 0.5) is 11.4 Å². The van der Waals surface area contributed by atoms with Gasteiger partial charge in [-0.05, 0) is 36.8 Å². The topological polar surface area (TPSA) is 114 Å². The first-order chi connectivity index (χ1) is 14.3. The number of anilines is 2. The van der Waals surface area contributed by atoms with Crippen LogP contribution in [0.25, 0.3) is 0 Å². The lowest BCUT2D eigenvalue weighted by atomic mass is 10.1. The molecule has 0 aliphatic carbocycles. The molecule has 8 nitrogen and oxygen atoms in total. The second-order valence-electron chi connectivity index (χ2n) is 7.14. The van der Waals surface area contributed by atoms with E-state index < -0.39 is 16.0 Å². The quantitative estimate of drug-likeness (QED) is 0.696. The summed E-state index contributed by atoms with van der Waals surface area (Å²) in [5.74, 6) is -1.12. The van der Waals surface area contributed by atoms with E-state index in [0.717, 1.165) is 13.1 Å². The minimum atomic E-state index is -3.83. The maximum Gasteiger partial charge on any atom is 0.337 e. The first kappa shape index (κ1) is 21.6. The smallest absolute Gasteiger partial charge is 0.337 e. The molecule has 0 spiro atoms. The van der Waals surface area contributed by atoms with Gasteiger partial charge in [0, 0.05) is 44.8 Å². The Morgan fingerprint density at radius 2 is 1.87 bits per heavy atom. The molecule has 0 radical (unpaired) electrons. The number of aryl methyl sites for hydroxylation is 1. The number of sulfonamides is 1. The van der Waals surface area contributed by atoms with Crippen molar-refractivity contribution in [3.8, 4) is 6.07 Å². The predicted octanol–water partition coefficient (Wildman–Crippen LogP) is 2.53. The number of carboxylic acids is 1. The summed E-state index contributed by atoms with van der Waals surface area (Å²) in [5.41, 5.74) is 1.41. The number of carboxylic acid groups (broad SMARTS) is 1. The lowest BCUT2D eigenvalue weighted by Gasteiger charge is -2.36. The van der Waals surface area contributed by atoms with Crippen molar-refractivity contribution in [3.05, 3.63) is 53.6 Å². The number of benzene rings is 2. The molecule has 1 aliphatic heterocycles. The monoisotopic (exact) mass is 428 g/mol. The van der Waals surface area contributed by atoms with Gasteiger partial charge >= 0.3 is 5.97 Å². The molecule has 0 bridgehead atoms. The van der Waals surface area contributed by atoms with Gasteiger partial charge in [-0.2, -0.15) is 5.26 Å². The van der Waals surface area contributed by atoms with E-state index in [-0.39, 0.29) is 16.1 Å². The lowest BCUT2D eigenvalue weighted by Crippen LogP contribution is -2.47. The van der Waals surface area contributed by atoms with Crippen LogP contribution < -0.4 is 9.62 Å². The number of aromatic carboxylic acids is 1. The van der Waals surface area contributed by atoms with Crippen LogP contribution in [0.5, 0.6) is 0 Å². The average Bonchev–Trinajstić information content (AvgIpc) is 2.72. The number of nitrogens with one attached hydrogen (secondary N) is 1. The largest absolute Gasteiger partial charge is 0.478 e. The number of piperazine rings is 1. The summed E-state index contributed by atoms with van der Waals surface area (Å²) in [5, 5.41) is 18.4. The summed E-state index contributed by atoms with van der Waals surface area (Å²) in [6, 6.07) is 13.3. The standard InChI is InChI=1S/C21H24N4O4S/c1-16-5-2-3-6-20(16)30(28,29)23-17-7-8-19(18(15-17)21(26)27)25-13-11-24(12-14-25)10-4-9-22/h2-3,5-8,15,23H,4,10-14H2,1H3,(H,26,27). The number of carbonyl (C=O) groups is 1. The Balaban J connectivity index is 1.80. The van der Waals surface area contributed by atoms with Gasteiger partial charge in [0.1, 0.15) is 0 Å². The third-order valence-corrected chi connectivity index (χ3v) is 6.66. The molecule has 1 heterocycles. The van der Waals surface area contributed by atoms with E-state index in [4.69, 9.17) is 5.26 Å². The van der Waals surface area contributed by atoms with Gasteiger partial charge in [-0.15, -0.1) is 0 Å². The Labute approximate surface area is 176 Å². The Morgan fingerprint density at radius 1 is 1.17 bits per heavy atom. The number of nitriles is 1. The molecule has 0 aromatic heterocycles. The van der Waals surface area contributed by atoms with E-state index in [0.29, 0.717) is 37.3 Å². The summed E-state index contributed by atoms with van der Waals surface area (Å²) in [4.78, 5) is 16.2. The maximum atomic E-state index is 12.7. The van der Waals surface area contributed by atoms with Crippen molar-refractivity contribution in [2.24, 2.45) is 0 Å². The molecule has 3 rings (SSSR count). The molecule has 0 atom stereocenters. The van der Waals surface area contributed by atoms with Gasteiger partial charge in [0.15, 0.2) is 0 Å². The molecule has 0 unspecified atom stereocenters. The van der Waals surface area contributed by atoms with Crippen molar-refractivity contribution >= 4 is 27.4 Å². The van der Waals surface area contributed by atoms with Crippen LogP contribution in [-0.2, 0) is 10.0 Å². The summed E-state index contributed by atoms with van der Waals surface area (Å²) < 4.78 is 27.9. The third-order valence-electron chi connectivity index (χ3n) is 5.12. The van der Waals surface area contributed by atoms with Crippen LogP contribution in [0.1, 0.15) is 22.3 Å². The van der Waals surface area contributed by atoms with Crippen molar-refractivity contribution < 1.29 is 18.3 Å². The normalized spacial score (nSPS) is 14.9. The van der Waals surface area contributed by atoms with Gasteiger partial charge < -0.3 is 10.0 Å². The van der Waals surface area contributed by atoms with Crippen molar-refractivity contribution in [1.29, 1.82) is 5.26 Å². The van der Waals surface area contributed by atoms with E-state index in [9.17, 15) is 18.3 Å². The minimum absolute atomic E-state index is 0.0467. The highest BCUT2D eigenvalue weighted by atomic mass is 32.2. The van der Waals surface area contributed by atoms with Crippen molar-refractivity contribution in [2.75, 3.05) is 42.3 Å². The molecule has 30 heavy (non-hydrogen) atoms. The fourth-order valence-electron chi connectivity index (χ4n) is 3.54. The fourth-order valence-corrected chi connectivity index (χ4v) is 4.83. The summed E-state index contributed by atoms with van der Waals surface area (Å²) in [7, 11) is -3.83. The summed E-state index contributed by atoms with van der Waals surface area (Å²) >= 11 is 0. The van der Waals surface area contributed by atoms with Gasteiger partial charge in [-0.3, -0.25) is 9.62 Å². The Bertz CT molecular complexity index is 1070. The molecule has 0 amide bonds. The third kappa shape index (κ3) is 4.90. The van der Waals surface area contributed by atoms with Crippen LogP contribution in [0.3, 0.4) is 0 Å². The minimum Gasteiger partial charge on any atom is -0.478 e. The van der Waals surface area contributed by atoms with Crippen LogP contribution >= 0.6 is 0 Å². The molecule has 2 N–H and O–H groups in total. The number of rotatable bonds is 7. The van der Waals surface area contributed by atoms with Gasteiger partial charge in [-0.25, -0.2) is 13.2 Å². The van der Waals surface area contributed by atoms with Crippen LogP contribution in [-0.4, -0.2) is 57.1 Å². The second kappa shape index (κ2) is 9.15. The predicted molar refractivity (Wildman–Crippen MR) is 114 cm³/mol. The molecule has 1 saturated heterocycles. The molecule has 2 aromatic carbocycles. The lowest BCUT2D eigenvalue weighted by molar-refractivity contribution is 0.0697. The number of nitrogens with zero attached hydrogens (tertiary/aromatic N) is 3. The molecule has 0 saturated carbocycles. The Hall–Kier alpha value is -3.09. The zero-order valence-electron chi connectivity index (χ0n) is 16.7. The molecule has 2 aromatic rings. The molecule has 1 fully saturated rings. The first-order valence-corrected chi connectivity index (χ1v) is 11.1. The van der Waals surface area contributed by atoms with Crippen LogP contribution in [0.2, 0.25) is 0 Å². The van der Waals surface area contributed by atoms with Gasteiger partial charge in [0.25, 0.3) is 10.0 Å². The van der Waals surface area contributed by atoms with Crippen LogP contribution in [0.15, 0.2) is 47.4 Å². The zero-order chi connectivity index (χ0) is 21.7. The van der Waals surface area contributed by atoms with Gasteiger partial charge in [0.2, 0.25) is 0 Å². The Morgan fingerprint density at radius 3 is 2.50 bits per heavy atom. The SMILES string of the molecule is Cc1ccccc1S(=O)(=O)Nc1ccc(N2CCN(CCC#N)CC2)c(C(=O)O)c1. The molecular weight excluding hydrogens is 404 g/mol. The van der Waals surface area contributed by atoms with E-state index >= 15 is 0 Å². The highest BCUT2D eigenvalue weighted by Gasteiger charge is 2.23. The highest BCUT2D eigenvalue weighted by Crippen LogP contribution is 2.27. The number of hydrogen-bond acceptors (Lipinski definition) is 6. The molecular formula is C21H24N4O4S. The van der Waals surface area contributed by atoms with E-state index in [1.54, 1.807) is 37.3 Å². The van der Waals surface area contributed by atoms with E-state index in [1.165, 1.54) is 12.1 Å². The number of hydrogen-bond donors (Lipinski definition) is 2. The molecule has 1 aliphatic rings. The molecule has 9 heteroatoms. The van der Waals surface area contributed by atoms with E-state index in [1.807, 2.05) is 4.90 Å². The zero-order valence-corrected chi connectivity index (χ0v) is 17.5. The highest BCUT2D eigenvalue weighted by molar-refractivity contribution is 7.92. The molecule has 158 valence electrons. The maximum absolute atomic E-state index is 12.7. The Kier molecular flexibility index (Phi) is 6.59. The van der Waals surface area contributed by atoms with Crippen LogP contribution in [0, 0.1) is 18.3 Å². The van der Waals surface area contributed by atoms with Crippen molar-refractivity contribution in [2.45, 2.75) is 18.2 Å². The van der Waals surface area contributed by atoms with Gasteiger partial charge in [0.05, 0.1) is 22.2 Å². The van der Waals surface area contributed by atoms with Gasteiger partial charge in [-0.1, -0.05) is 18.2 Å². The second-order valence-corrected chi connectivity index (χ2v) is 8.80. The first-order valence-electron chi connectivity index (χ1n) is 9.62. The average molecular weight is 429 g/mol. The fraction of sp³-hybridized carbons (Fsp3) is 0.333. The summed E-state index contributed by atoms with van der Waals surface area (Å²) in [6.07, 6.45) is 0.468. The summed E-state index contributed by atoms with van der Waals surface area (Å²) in [6.45, 7) is 5.16.